The SMILES string of the molecule is CC(C)NS(=O)(=O)c1ccc(NC(=O)CCn2cnc3c(cnn3C)c2=O)cc1. The van der Waals surface area contributed by atoms with Gasteiger partial charge in [0.25, 0.3) is 5.56 Å². The molecule has 1 aromatic carbocycles. The van der Waals surface area contributed by atoms with Crippen molar-refractivity contribution in [3.63, 3.8) is 0 Å². The maximum atomic E-state index is 12.4. The van der Waals surface area contributed by atoms with Crippen LogP contribution in [0.1, 0.15) is 20.3 Å². The molecule has 29 heavy (non-hydrogen) atoms. The second-order valence-electron chi connectivity index (χ2n) is 6.85. The van der Waals surface area contributed by atoms with E-state index in [-0.39, 0.29) is 35.4 Å². The van der Waals surface area contributed by atoms with Gasteiger partial charge in [-0.3, -0.25) is 18.8 Å². The van der Waals surface area contributed by atoms with E-state index in [2.05, 4.69) is 20.1 Å². The van der Waals surface area contributed by atoms with E-state index in [1.165, 1.54) is 46.0 Å². The summed E-state index contributed by atoms with van der Waals surface area (Å²) in [5.41, 5.74) is 0.687. The van der Waals surface area contributed by atoms with Crippen LogP contribution in [-0.4, -0.2) is 39.7 Å². The third kappa shape index (κ3) is 4.69. The number of aromatic nitrogens is 4. The van der Waals surface area contributed by atoms with Gasteiger partial charge in [0.1, 0.15) is 5.39 Å². The Kier molecular flexibility index (Phi) is 5.80. The maximum absolute atomic E-state index is 12.4. The predicted molar refractivity (Wildman–Crippen MR) is 108 cm³/mol. The van der Waals surface area contributed by atoms with Crippen LogP contribution in [0.4, 0.5) is 5.69 Å². The standard InChI is InChI=1S/C18H22N6O4S/c1-12(2)22-29(27,28)14-6-4-13(5-7-14)21-16(25)8-9-24-11-19-17-15(18(24)26)10-20-23(17)3/h4-7,10-12,22H,8-9H2,1-3H3,(H,21,25). The molecule has 0 bridgehead atoms. The van der Waals surface area contributed by atoms with Gasteiger partial charge < -0.3 is 5.32 Å². The molecule has 2 N–H and O–H groups in total. The summed E-state index contributed by atoms with van der Waals surface area (Å²) in [5.74, 6) is -0.306. The number of sulfonamides is 1. The fourth-order valence-corrected chi connectivity index (χ4v) is 4.02. The van der Waals surface area contributed by atoms with Gasteiger partial charge in [-0.1, -0.05) is 0 Å². The van der Waals surface area contributed by atoms with Crippen LogP contribution in [0, 0.1) is 0 Å². The van der Waals surface area contributed by atoms with E-state index in [9.17, 15) is 18.0 Å². The van der Waals surface area contributed by atoms with Gasteiger partial charge in [-0.2, -0.15) is 5.10 Å². The van der Waals surface area contributed by atoms with E-state index < -0.39 is 10.0 Å². The molecule has 2 heterocycles. The van der Waals surface area contributed by atoms with Gasteiger partial charge in [0, 0.05) is 31.7 Å². The number of fused-ring (bicyclic) bond motifs is 1. The monoisotopic (exact) mass is 418 g/mol. The Morgan fingerprint density at radius 2 is 1.90 bits per heavy atom. The normalized spacial score (nSPS) is 11.9. The molecule has 3 aromatic rings. The second-order valence-corrected chi connectivity index (χ2v) is 8.56. The minimum absolute atomic E-state index is 0.0578. The van der Waals surface area contributed by atoms with Gasteiger partial charge in [0.15, 0.2) is 5.65 Å². The highest BCUT2D eigenvalue weighted by atomic mass is 32.2. The lowest BCUT2D eigenvalue weighted by molar-refractivity contribution is -0.116. The first-order chi connectivity index (χ1) is 13.7. The van der Waals surface area contributed by atoms with Crippen LogP contribution in [0.5, 0.6) is 0 Å². The number of aryl methyl sites for hydroxylation is 2. The van der Waals surface area contributed by atoms with Crippen LogP contribution in [-0.2, 0) is 28.4 Å². The molecule has 0 fully saturated rings. The third-order valence-corrected chi connectivity index (χ3v) is 5.81. The molecule has 0 saturated heterocycles. The van der Waals surface area contributed by atoms with Crippen molar-refractivity contribution in [3.8, 4) is 0 Å². The van der Waals surface area contributed by atoms with Gasteiger partial charge in [-0.05, 0) is 38.1 Å². The van der Waals surface area contributed by atoms with Crippen molar-refractivity contribution in [3.05, 3.63) is 47.1 Å². The van der Waals surface area contributed by atoms with E-state index in [0.717, 1.165) is 0 Å². The number of carbonyl (C=O) groups is 1. The Morgan fingerprint density at radius 1 is 1.21 bits per heavy atom. The molecule has 0 aliphatic rings. The largest absolute Gasteiger partial charge is 0.326 e. The first-order valence-electron chi connectivity index (χ1n) is 8.97. The highest BCUT2D eigenvalue weighted by molar-refractivity contribution is 7.89. The van der Waals surface area contributed by atoms with Crippen LogP contribution < -0.4 is 15.6 Å². The molecule has 0 aliphatic heterocycles. The highest BCUT2D eigenvalue weighted by Gasteiger charge is 2.15. The van der Waals surface area contributed by atoms with Crippen molar-refractivity contribution in [2.24, 2.45) is 7.05 Å². The van der Waals surface area contributed by atoms with E-state index in [1.54, 1.807) is 20.9 Å². The third-order valence-electron chi connectivity index (χ3n) is 4.14. The number of hydrogen-bond donors (Lipinski definition) is 2. The van der Waals surface area contributed by atoms with Crippen LogP contribution in [0.3, 0.4) is 0 Å². The minimum atomic E-state index is -3.59. The fourth-order valence-electron chi connectivity index (χ4n) is 2.77. The molecule has 0 spiro atoms. The van der Waals surface area contributed by atoms with Gasteiger partial charge >= 0.3 is 0 Å². The summed E-state index contributed by atoms with van der Waals surface area (Å²) in [5, 5.41) is 7.08. The molecule has 0 aliphatic carbocycles. The lowest BCUT2D eigenvalue weighted by atomic mass is 10.3. The molecule has 1 amide bonds. The zero-order chi connectivity index (χ0) is 21.2. The Morgan fingerprint density at radius 3 is 2.55 bits per heavy atom. The van der Waals surface area contributed by atoms with Crippen molar-refractivity contribution in [2.45, 2.75) is 37.8 Å². The van der Waals surface area contributed by atoms with E-state index in [1.807, 2.05) is 0 Å². The maximum Gasteiger partial charge on any atom is 0.264 e. The summed E-state index contributed by atoms with van der Waals surface area (Å²) in [7, 11) is -1.89. The molecule has 0 unspecified atom stereocenters. The number of anilines is 1. The van der Waals surface area contributed by atoms with Crippen LogP contribution in [0.15, 0.2) is 46.5 Å². The zero-order valence-corrected chi connectivity index (χ0v) is 17.1. The zero-order valence-electron chi connectivity index (χ0n) is 16.3. The fraction of sp³-hybridized carbons (Fsp3) is 0.333. The number of rotatable bonds is 7. The molecule has 3 rings (SSSR count). The number of amides is 1. The number of hydrogen-bond acceptors (Lipinski definition) is 6. The number of carbonyl (C=O) groups excluding carboxylic acids is 1. The Hall–Kier alpha value is -3.05. The Bertz CT molecular complexity index is 1200. The summed E-state index contributed by atoms with van der Waals surface area (Å²) in [6.45, 7) is 3.63. The molecule has 0 atom stereocenters. The summed E-state index contributed by atoms with van der Waals surface area (Å²) >= 11 is 0. The van der Waals surface area contributed by atoms with Crippen molar-refractivity contribution in [1.82, 2.24) is 24.1 Å². The number of nitrogens with one attached hydrogen (secondary N) is 2. The topological polar surface area (TPSA) is 128 Å². The molecule has 11 heteroatoms. The quantitative estimate of drug-likeness (QED) is 0.585. The molecule has 2 aromatic heterocycles. The lowest BCUT2D eigenvalue weighted by Gasteiger charge is -2.11. The average Bonchev–Trinajstić information content (AvgIpc) is 3.02. The molecule has 0 saturated carbocycles. The molecular weight excluding hydrogens is 396 g/mol. The summed E-state index contributed by atoms with van der Waals surface area (Å²) in [4.78, 5) is 28.9. The van der Waals surface area contributed by atoms with E-state index in [4.69, 9.17) is 0 Å². The molecule has 154 valence electrons. The summed E-state index contributed by atoms with van der Waals surface area (Å²) < 4.78 is 29.6. The predicted octanol–water partition coefficient (Wildman–Crippen LogP) is 0.845. The lowest BCUT2D eigenvalue weighted by Crippen LogP contribution is -2.30. The summed E-state index contributed by atoms with van der Waals surface area (Å²) in [6.07, 6.45) is 2.90. The van der Waals surface area contributed by atoms with Crippen molar-refractivity contribution in [1.29, 1.82) is 0 Å². The van der Waals surface area contributed by atoms with Crippen LogP contribution in [0.25, 0.3) is 11.0 Å². The van der Waals surface area contributed by atoms with Gasteiger partial charge in [0.2, 0.25) is 15.9 Å². The van der Waals surface area contributed by atoms with Crippen LogP contribution in [0.2, 0.25) is 0 Å². The smallest absolute Gasteiger partial charge is 0.264 e. The average molecular weight is 418 g/mol. The Labute approximate surface area is 167 Å². The number of benzene rings is 1. The molecule has 10 nitrogen and oxygen atoms in total. The first-order valence-corrected chi connectivity index (χ1v) is 10.4. The van der Waals surface area contributed by atoms with E-state index in [0.29, 0.717) is 16.7 Å². The first kappa shape index (κ1) is 20.7. The highest BCUT2D eigenvalue weighted by Crippen LogP contribution is 2.14. The molecular formula is C18H22N6O4S. The molecule has 0 radical (unpaired) electrons. The second kappa shape index (κ2) is 8.13. The van der Waals surface area contributed by atoms with Gasteiger partial charge in [-0.25, -0.2) is 18.1 Å². The minimum Gasteiger partial charge on any atom is -0.326 e. The van der Waals surface area contributed by atoms with Crippen molar-refractivity contribution in [2.75, 3.05) is 5.32 Å². The van der Waals surface area contributed by atoms with E-state index >= 15 is 0 Å². The van der Waals surface area contributed by atoms with Gasteiger partial charge in [-0.15, -0.1) is 0 Å². The van der Waals surface area contributed by atoms with Crippen molar-refractivity contribution < 1.29 is 13.2 Å². The summed E-state index contributed by atoms with van der Waals surface area (Å²) in [6, 6.07) is 5.66. The number of nitrogens with zero attached hydrogens (tertiary/aromatic N) is 4. The Balaban J connectivity index is 1.63. The van der Waals surface area contributed by atoms with Gasteiger partial charge in [0.05, 0.1) is 17.4 Å². The van der Waals surface area contributed by atoms with Crippen molar-refractivity contribution >= 4 is 32.7 Å². The van der Waals surface area contributed by atoms with Crippen LogP contribution >= 0.6 is 0 Å².